The lowest BCUT2D eigenvalue weighted by Crippen LogP contribution is -2.38. The molecule has 214 valence electrons. The zero-order chi connectivity index (χ0) is 29.2. The Morgan fingerprint density at radius 1 is 1.12 bits per heavy atom. The van der Waals surface area contributed by atoms with Crippen molar-refractivity contribution in [3.05, 3.63) is 74.5 Å². The minimum Gasteiger partial charge on any atom is -0.444 e. The van der Waals surface area contributed by atoms with Gasteiger partial charge in [0.15, 0.2) is 0 Å². The van der Waals surface area contributed by atoms with E-state index < -0.39 is 11.2 Å². The number of aryl methyl sites for hydroxylation is 2. The number of rotatable bonds is 5. The molecule has 0 aliphatic carbocycles. The van der Waals surface area contributed by atoms with Gasteiger partial charge in [-0.15, -0.1) is 5.10 Å². The maximum Gasteiger partial charge on any atom is 0.410 e. The first-order valence-electron chi connectivity index (χ1n) is 13.5. The van der Waals surface area contributed by atoms with E-state index in [0.717, 1.165) is 32.4 Å². The number of amides is 2. The van der Waals surface area contributed by atoms with Crippen molar-refractivity contribution in [2.75, 3.05) is 13.1 Å². The molecular weight excluding hydrogens is 574 g/mol. The van der Waals surface area contributed by atoms with Crippen LogP contribution in [0, 0.1) is 20.8 Å². The van der Waals surface area contributed by atoms with Gasteiger partial charge >= 0.3 is 6.09 Å². The Morgan fingerprint density at radius 3 is 2.60 bits per heavy atom. The summed E-state index contributed by atoms with van der Waals surface area (Å²) in [5, 5.41) is 23.1. The number of ether oxygens (including phenoxy) is 1. The van der Waals surface area contributed by atoms with E-state index in [0.29, 0.717) is 50.2 Å². The van der Waals surface area contributed by atoms with Crippen LogP contribution in [0.2, 0.25) is 0 Å². The molecule has 40 heavy (non-hydrogen) atoms. The number of hydrogen-bond donors (Lipinski definition) is 2. The van der Waals surface area contributed by atoms with Crippen LogP contribution < -0.4 is 5.32 Å². The lowest BCUT2D eigenvalue weighted by molar-refractivity contribution is 0.0102. The first-order valence-corrected chi connectivity index (χ1v) is 14.3. The van der Waals surface area contributed by atoms with Gasteiger partial charge in [-0.05, 0) is 95.2 Å². The van der Waals surface area contributed by atoms with E-state index in [1.165, 1.54) is 0 Å². The van der Waals surface area contributed by atoms with Gasteiger partial charge in [-0.2, -0.15) is 0 Å². The molecule has 2 heterocycles. The lowest BCUT2D eigenvalue weighted by Gasteiger charge is -2.27. The van der Waals surface area contributed by atoms with Crippen LogP contribution in [0.15, 0.2) is 41.0 Å². The Balaban J connectivity index is 1.44. The zero-order valence-electron chi connectivity index (χ0n) is 24.0. The second-order valence-corrected chi connectivity index (χ2v) is 12.4. The number of hydrogen-bond acceptors (Lipinski definition) is 6. The van der Waals surface area contributed by atoms with Gasteiger partial charge in [-0.25, -0.2) is 9.48 Å². The molecule has 0 bridgehead atoms. The molecule has 2 amide bonds. The molecule has 9 nitrogen and oxygen atoms in total. The summed E-state index contributed by atoms with van der Waals surface area (Å²) in [6.45, 7) is 12.6. The number of carbonyl (C=O) groups is 2. The van der Waals surface area contributed by atoms with Crippen molar-refractivity contribution >= 4 is 27.9 Å². The van der Waals surface area contributed by atoms with Crippen molar-refractivity contribution in [3.8, 4) is 5.69 Å². The molecule has 1 fully saturated rings. The molecular formula is C30H38BrN5O4. The average Bonchev–Trinajstić information content (AvgIpc) is 3.30. The largest absolute Gasteiger partial charge is 0.444 e. The van der Waals surface area contributed by atoms with Crippen LogP contribution in [0.4, 0.5) is 4.79 Å². The van der Waals surface area contributed by atoms with Crippen LogP contribution in [-0.2, 0) is 16.9 Å². The monoisotopic (exact) mass is 611 g/mol. The van der Waals surface area contributed by atoms with Gasteiger partial charge < -0.3 is 20.1 Å². The van der Waals surface area contributed by atoms with E-state index in [9.17, 15) is 14.7 Å². The predicted octanol–water partition coefficient (Wildman–Crippen LogP) is 5.49. The minimum atomic E-state index is -1.20. The van der Waals surface area contributed by atoms with Crippen molar-refractivity contribution in [1.29, 1.82) is 0 Å². The lowest BCUT2D eigenvalue weighted by atomic mass is 9.92. The van der Waals surface area contributed by atoms with Gasteiger partial charge in [0.05, 0.1) is 11.9 Å². The number of benzene rings is 2. The molecule has 1 saturated heterocycles. The molecule has 3 aromatic rings. The third-order valence-electron chi connectivity index (χ3n) is 7.17. The van der Waals surface area contributed by atoms with Gasteiger partial charge in [0.1, 0.15) is 16.9 Å². The van der Waals surface area contributed by atoms with Gasteiger partial charge in [0.25, 0.3) is 5.91 Å². The number of halogens is 1. The van der Waals surface area contributed by atoms with E-state index in [4.69, 9.17) is 4.74 Å². The molecule has 10 heteroatoms. The minimum absolute atomic E-state index is 0.125. The van der Waals surface area contributed by atoms with Crippen LogP contribution in [0.5, 0.6) is 0 Å². The van der Waals surface area contributed by atoms with Crippen molar-refractivity contribution in [2.24, 2.45) is 0 Å². The summed E-state index contributed by atoms with van der Waals surface area (Å²) in [5.74, 6) is -0.125. The highest BCUT2D eigenvalue weighted by Gasteiger charge is 2.36. The number of aromatic nitrogens is 3. The summed E-state index contributed by atoms with van der Waals surface area (Å²) in [6, 6.07) is 9.68. The number of nitrogens with one attached hydrogen (secondary N) is 1. The fraction of sp³-hybridized carbons (Fsp3) is 0.467. The van der Waals surface area contributed by atoms with Gasteiger partial charge in [0.2, 0.25) is 0 Å². The van der Waals surface area contributed by atoms with E-state index in [1.807, 2.05) is 71.9 Å². The molecule has 4 rings (SSSR count). The third-order valence-corrected chi connectivity index (χ3v) is 8.39. The number of aliphatic hydroxyl groups is 1. The first-order chi connectivity index (χ1) is 18.8. The molecule has 1 unspecified atom stereocenters. The van der Waals surface area contributed by atoms with Crippen molar-refractivity contribution in [1.82, 2.24) is 25.2 Å². The average molecular weight is 613 g/mol. The summed E-state index contributed by atoms with van der Waals surface area (Å²) in [4.78, 5) is 27.2. The van der Waals surface area contributed by atoms with Crippen molar-refractivity contribution < 1.29 is 19.4 Å². The fourth-order valence-corrected chi connectivity index (χ4v) is 5.39. The molecule has 1 aromatic heterocycles. The molecule has 2 N–H and O–H groups in total. The van der Waals surface area contributed by atoms with Crippen molar-refractivity contribution in [3.63, 3.8) is 0 Å². The third kappa shape index (κ3) is 6.72. The number of likely N-dealkylation sites (tertiary alicyclic amines) is 1. The summed E-state index contributed by atoms with van der Waals surface area (Å²) in [6.07, 6.45) is 2.78. The Labute approximate surface area is 244 Å². The van der Waals surface area contributed by atoms with Crippen LogP contribution in [0.25, 0.3) is 5.69 Å². The highest BCUT2D eigenvalue weighted by Crippen LogP contribution is 2.32. The topological polar surface area (TPSA) is 110 Å². The molecule has 0 spiro atoms. The van der Waals surface area contributed by atoms with Gasteiger partial charge in [-0.3, -0.25) is 4.79 Å². The second kappa shape index (κ2) is 11.7. The molecule has 0 radical (unpaired) electrons. The normalized spacial score (nSPS) is 17.9. The van der Waals surface area contributed by atoms with Gasteiger partial charge in [0, 0.05) is 29.7 Å². The van der Waals surface area contributed by atoms with E-state index in [-0.39, 0.29) is 12.0 Å². The second-order valence-electron chi connectivity index (χ2n) is 11.6. The van der Waals surface area contributed by atoms with Crippen molar-refractivity contribution in [2.45, 2.75) is 78.6 Å². The Hall–Kier alpha value is -3.24. The quantitative estimate of drug-likeness (QED) is 0.394. The number of carbonyl (C=O) groups excluding carboxylic acids is 2. The Bertz CT molecular complexity index is 1410. The van der Waals surface area contributed by atoms with Crippen LogP contribution in [0.3, 0.4) is 0 Å². The summed E-state index contributed by atoms with van der Waals surface area (Å²) in [5.41, 5.74) is 4.00. The molecule has 0 saturated carbocycles. The van der Waals surface area contributed by atoms with E-state index in [1.54, 1.807) is 15.8 Å². The molecule has 1 aliphatic rings. The Morgan fingerprint density at radius 2 is 1.88 bits per heavy atom. The molecule has 1 aliphatic heterocycles. The molecule has 2 aromatic carbocycles. The smallest absolute Gasteiger partial charge is 0.410 e. The summed E-state index contributed by atoms with van der Waals surface area (Å²) < 4.78 is 8.08. The van der Waals surface area contributed by atoms with Crippen LogP contribution in [-0.4, -0.2) is 55.7 Å². The summed E-state index contributed by atoms with van der Waals surface area (Å²) in [7, 11) is 0. The summed E-state index contributed by atoms with van der Waals surface area (Å²) >= 11 is 3.59. The fourth-order valence-electron chi connectivity index (χ4n) is 5.08. The van der Waals surface area contributed by atoms with Crippen LogP contribution in [0.1, 0.15) is 78.3 Å². The standard InChI is InChI=1S/C30H38BrN5O4/c1-19-15-20(2)26(31)21(3)25(19)27(37)32-17-22-9-7-10-23(16-22)36-18-24(33-34-36)30(39)11-8-13-35(14-12-30)28(38)40-29(4,5)6/h7,9-10,15-16,18,39H,8,11-14,17H2,1-6H3,(H,32,37). The van der Waals surface area contributed by atoms with Gasteiger partial charge in [-0.1, -0.05) is 39.3 Å². The number of nitrogens with zero attached hydrogens (tertiary/aromatic N) is 4. The Kier molecular flexibility index (Phi) is 8.70. The maximum atomic E-state index is 13.0. The first kappa shape index (κ1) is 29.7. The van der Waals surface area contributed by atoms with E-state index >= 15 is 0 Å². The zero-order valence-corrected chi connectivity index (χ0v) is 25.6. The maximum absolute atomic E-state index is 13.0. The highest BCUT2D eigenvalue weighted by atomic mass is 79.9. The van der Waals surface area contributed by atoms with E-state index in [2.05, 4.69) is 31.6 Å². The molecule has 1 atom stereocenters. The predicted molar refractivity (Wildman–Crippen MR) is 156 cm³/mol. The highest BCUT2D eigenvalue weighted by molar-refractivity contribution is 9.10. The van der Waals surface area contributed by atoms with Crippen LogP contribution >= 0.6 is 15.9 Å². The SMILES string of the molecule is Cc1cc(C)c(C(=O)NCc2cccc(-n3cc(C4(O)CCCN(C(=O)OC(C)(C)C)CC4)nn3)c2)c(C)c1Br.